The highest BCUT2D eigenvalue weighted by atomic mass is 19.1. The van der Waals surface area contributed by atoms with Gasteiger partial charge < -0.3 is 14.4 Å². The predicted molar refractivity (Wildman–Crippen MR) is 57.5 cm³/mol. The first-order chi connectivity index (χ1) is 7.50. The molecular weight excluding hydrogens is 213 g/mol. The van der Waals surface area contributed by atoms with Crippen LogP contribution in [0.25, 0.3) is 11.0 Å². The van der Waals surface area contributed by atoms with Gasteiger partial charge in [0.1, 0.15) is 0 Å². The Morgan fingerprint density at radius 2 is 2.12 bits per heavy atom. The van der Waals surface area contributed by atoms with Crippen molar-refractivity contribution < 1.29 is 18.7 Å². The topological polar surface area (TPSA) is 53.7 Å². The summed E-state index contributed by atoms with van der Waals surface area (Å²) in [4.78, 5) is 12.3. The summed E-state index contributed by atoms with van der Waals surface area (Å²) in [5.41, 5.74) is 0.336. The molecule has 1 N–H and O–H groups in total. The lowest BCUT2D eigenvalue weighted by atomic mass is 10.2. The zero-order valence-electron chi connectivity index (χ0n) is 8.82. The van der Waals surface area contributed by atoms with Gasteiger partial charge in [0.25, 0.3) is 0 Å². The van der Waals surface area contributed by atoms with Crippen LogP contribution in [0.2, 0.25) is 0 Å². The summed E-state index contributed by atoms with van der Waals surface area (Å²) in [6.07, 6.45) is 0. The molecule has 2 aromatic rings. The summed E-state index contributed by atoms with van der Waals surface area (Å²) in [6.45, 7) is 0. The molecule has 0 aliphatic heterocycles. The summed E-state index contributed by atoms with van der Waals surface area (Å²) < 4.78 is 18.8. The van der Waals surface area contributed by atoms with Crippen LogP contribution in [0.3, 0.4) is 0 Å². The number of rotatable bonds is 2. The molecule has 0 radical (unpaired) electrons. The molecule has 0 saturated heterocycles. The number of benzene rings is 1. The number of anilines is 1. The number of carbonyl (C=O) groups is 1. The standard InChI is InChI=1S/C11H10FNO3/c1-13(2)7-4-3-6-5-8(11(14)15)16-10(6)9(7)12/h3-5H,1-2H3,(H,14,15). The smallest absolute Gasteiger partial charge is 0.371 e. The van der Waals surface area contributed by atoms with E-state index in [2.05, 4.69) is 0 Å². The van der Waals surface area contributed by atoms with Crippen molar-refractivity contribution >= 4 is 22.6 Å². The van der Waals surface area contributed by atoms with Gasteiger partial charge in [0.05, 0.1) is 5.69 Å². The Bertz CT molecular complexity index is 560. The predicted octanol–water partition coefficient (Wildman–Crippen LogP) is 2.34. The van der Waals surface area contributed by atoms with Gasteiger partial charge in [0, 0.05) is 19.5 Å². The lowest BCUT2D eigenvalue weighted by Gasteiger charge is -2.12. The van der Waals surface area contributed by atoms with E-state index in [0.717, 1.165) is 0 Å². The van der Waals surface area contributed by atoms with Crippen molar-refractivity contribution in [3.8, 4) is 0 Å². The summed E-state index contributed by atoms with van der Waals surface area (Å²) in [5, 5.41) is 9.17. The second-order valence-corrected chi connectivity index (χ2v) is 3.63. The summed E-state index contributed by atoms with van der Waals surface area (Å²) in [7, 11) is 3.40. The van der Waals surface area contributed by atoms with Gasteiger partial charge in [-0.2, -0.15) is 0 Å². The third-order valence-electron chi connectivity index (χ3n) is 2.30. The fourth-order valence-electron chi connectivity index (χ4n) is 1.51. The lowest BCUT2D eigenvalue weighted by Crippen LogP contribution is -2.10. The van der Waals surface area contributed by atoms with E-state index in [1.54, 1.807) is 31.1 Å². The van der Waals surface area contributed by atoms with Gasteiger partial charge in [0.15, 0.2) is 11.4 Å². The van der Waals surface area contributed by atoms with E-state index < -0.39 is 11.8 Å². The van der Waals surface area contributed by atoms with Crippen LogP contribution in [0.1, 0.15) is 10.6 Å². The number of fused-ring (bicyclic) bond motifs is 1. The van der Waals surface area contributed by atoms with Gasteiger partial charge in [0.2, 0.25) is 5.76 Å². The van der Waals surface area contributed by atoms with Crippen LogP contribution < -0.4 is 4.90 Å². The molecule has 0 saturated carbocycles. The fraction of sp³-hybridized carbons (Fsp3) is 0.182. The Morgan fingerprint density at radius 3 is 2.69 bits per heavy atom. The summed E-state index contributed by atoms with van der Waals surface area (Å²) >= 11 is 0. The van der Waals surface area contributed by atoms with Crippen molar-refractivity contribution in [1.82, 2.24) is 0 Å². The number of nitrogens with zero attached hydrogens (tertiary/aromatic N) is 1. The maximum atomic E-state index is 13.9. The van der Waals surface area contributed by atoms with E-state index >= 15 is 0 Å². The van der Waals surface area contributed by atoms with Crippen LogP contribution in [0, 0.1) is 5.82 Å². The van der Waals surface area contributed by atoms with E-state index in [-0.39, 0.29) is 11.3 Å². The van der Waals surface area contributed by atoms with Gasteiger partial charge in [-0.25, -0.2) is 9.18 Å². The summed E-state index contributed by atoms with van der Waals surface area (Å²) in [5.74, 6) is -2.01. The summed E-state index contributed by atoms with van der Waals surface area (Å²) in [6, 6.07) is 4.52. The molecule has 0 spiro atoms. The number of hydrogen-bond acceptors (Lipinski definition) is 3. The van der Waals surface area contributed by atoms with E-state index in [4.69, 9.17) is 9.52 Å². The second-order valence-electron chi connectivity index (χ2n) is 3.63. The van der Waals surface area contributed by atoms with Crippen molar-refractivity contribution in [3.05, 3.63) is 29.8 Å². The number of carboxylic acids is 1. The SMILES string of the molecule is CN(C)c1ccc2cc(C(=O)O)oc2c1F. The highest BCUT2D eigenvalue weighted by Crippen LogP contribution is 2.28. The first-order valence-corrected chi connectivity index (χ1v) is 4.63. The van der Waals surface area contributed by atoms with Gasteiger partial charge in [-0.15, -0.1) is 0 Å². The molecule has 1 aromatic carbocycles. The van der Waals surface area contributed by atoms with Crippen LogP contribution in [0.5, 0.6) is 0 Å². The van der Waals surface area contributed by atoms with Crippen LogP contribution in [0.15, 0.2) is 22.6 Å². The Labute approximate surface area is 90.9 Å². The van der Waals surface area contributed by atoms with E-state index in [0.29, 0.717) is 11.1 Å². The third kappa shape index (κ3) is 1.50. The monoisotopic (exact) mass is 223 g/mol. The van der Waals surface area contributed by atoms with Crippen molar-refractivity contribution in [2.24, 2.45) is 0 Å². The Kier molecular flexibility index (Phi) is 2.30. The lowest BCUT2D eigenvalue weighted by molar-refractivity contribution is 0.0665. The van der Waals surface area contributed by atoms with Crippen LogP contribution in [-0.2, 0) is 0 Å². The van der Waals surface area contributed by atoms with Gasteiger partial charge in [-0.3, -0.25) is 0 Å². The Hall–Kier alpha value is -2.04. The first kappa shape index (κ1) is 10.5. The van der Waals surface area contributed by atoms with E-state index in [1.165, 1.54) is 6.07 Å². The molecule has 4 nitrogen and oxygen atoms in total. The molecule has 84 valence electrons. The third-order valence-corrected chi connectivity index (χ3v) is 2.30. The van der Waals surface area contributed by atoms with Crippen LogP contribution in [-0.4, -0.2) is 25.2 Å². The molecule has 0 atom stereocenters. The average molecular weight is 223 g/mol. The molecule has 5 heteroatoms. The first-order valence-electron chi connectivity index (χ1n) is 4.63. The molecule has 16 heavy (non-hydrogen) atoms. The van der Waals surface area contributed by atoms with E-state index in [1.807, 2.05) is 0 Å². The zero-order valence-corrected chi connectivity index (χ0v) is 8.82. The molecule has 0 aliphatic carbocycles. The number of furan rings is 1. The number of hydrogen-bond donors (Lipinski definition) is 1. The van der Waals surface area contributed by atoms with E-state index in [9.17, 15) is 9.18 Å². The molecule has 1 heterocycles. The zero-order chi connectivity index (χ0) is 11.9. The minimum absolute atomic E-state index is 0.0244. The van der Waals surface area contributed by atoms with Crippen molar-refractivity contribution in [2.75, 3.05) is 19.0 Å². The molecule has 0 fully saturated rings. The highest BCUT2D eigenvalue weighted by molar-refractivity contribution is 5.92. The largest absolute Gasteiger partial charge is 0.475 e. The van der Waals surface area contributed by atoms with Crippen LogP contribution >= 0.6 is 0 Å². The molecule has 0 aliphatic rings. The maximum Gasteiger partial charge on any atom is 0.371 e. The van der Waals surface area contributed by atoms with Crippen LogP contribution in [0.4, 0.5) is 10.1 Å². The van der Waals surface area contributed by atoms with Crippen molar-refractivity contribution in [3.63, 3.8) is 0 Å². The molecule has 0 amide bonds. The fourth-order valence-corrected chi connectivity index (χ4v) is 1.51. The molecule has 2 rings (SSSR count). The number of aromatic carboxylic acids is 1. The van der Waals surface area contributed by atoms with Gasteiger partial charge >= 0.3 is 5.97 Å². The van der Waals surface area contributed by atoms with Crippen molar-refractivity contribution in [2.45, 2.75) is 0 Å². The number of halogens is 1. The molecule has 0 bridgehead atoms. The Morgan fingerprint density at radius 1 is 1.44 bits per heavy atom. The highest BCUT2D eigenvalue weighted by Gasteiger charge is 2.16. The molecule has 0 unspecified atom stereocenters. The Balaban J connectivity index is 2.69. The van der Waals surface area contributed by atoms with Gasteiger partial charge in [-0.05, 0) is 18.2 Å². The molecular formula is C11H10FNO3. The minimum atomic E-state index is -1.21. The molecule has 1 aromatic heterocycles. The second kappa shape index (κ2) is 3.52. The van der Waals surface area contributed by atoms with Gasteiger partial charge in [-0.1, -0.05) is 0 Å². The average Bonchev–Trinajstić information content (AvgIpc) is 2.62. The maximum absolute atomic E-state index is 13.9. The minimum Gasteiger partial charge on any atom is -0.475 e. The van der Waals surface area contributed by atoms with Crippen molar-refractivity contribution in [1.29, 1.82) is 0 Å². The number of carboxylic acid groups (broad SMARTS) is 1. The normalized spacial score (nSPS) is 10.7. The quantitative estimate of drug-likeness (QED) is 0.848.